The fourth-order valence-electron chi connectivity index (χ4n) is 2.74. The first kappa shape index (κ1) is 21.3. The third kappa shape index (κ3) is 6.56. The van der Waals surface area contributed by atoms with Crippen molar-refractivity contribution in [3.05, 3.63) is 29.8 Å². The van der Waals surface area contributed by atoms with Crippen LogP contribution in [0.15, 0.2) is 18.2 Å². The lowest BCUT2D eigenvalue weighted by Crippen LogP contribution is -2.46. The smallest absolute Gasteiger partial charge is 0.238 e. The van der Waals surface area contributed by atoms with E-state index in [2.05, 4.69) is 10.6 Å². The summed E-state index contributed by atoms with van der Waals surface area (Å²) in [6.45, 7) is 1.96. The van der Waals surface area contributed by atoms with Crippen LogP contribution in [0, 0.1) is 17.6 Å². The average Bonchev–Trinajstić information content (AvgIpc) is 2.56. The molecule has 1 heterocycles. The minimum atomic E-state index is -0.692. The first-order valence-electron chi connectivity index (χ1n) is 7.94. The van der Waals surface area contributed by atoms with Gasteiger partial charge >= 0.3 is 0 Å². The number of benzene rings is 1. The maximum Gasteiger partial charge on any atom is 0.238 e. The molecule has 1 aromatic rings. The van der Waals surface area contributed by atoms with E-state index in [-0.39, 0.29) is 36.5 Å². The fraction of sp³-hybridized carbons (Fsp3) is 0.500. The number of nitrogens with one attached hydrogen (secondary N) is 2. The quantitative estimate of drug-likeness (QED) is 0.694. The maximum atomic E-state index is 13.5. The lowest BCUT2D eigenvalue weighted by Gasteiger charge is -2.31. The normalized spacial score (nSPS) is 17.5. The molecule has 0 bridgehead atoms. The number of anilines is 1. The van der Waals surface area contributed by atoms with Gasteiger partial charge in [0, 0.05) is 25.7 Å². The van der Waals surface area contributed by atoms with Gasteiger partial charge in [-0.05, 0) is 31.5 Å². The molecule has 1 aliphatic heterocycles. The van der Waals surface area contributed by atoms with Gasteiger partial charge in [-0.1, -0.05) is 0 Å². The molecule has 0 saturated carbocycles. The third-order valence-electron chi connectivity index (χ3n) is 3.89. The molecular formula is C16H23ClF2N4O2. The summed E-state index contributed by atoms with van der Waals surface area (Å²) in [5.41, 5.74) is 5.17. The molecule has 0 spiro atoms. The van der Waals surface area contributed by atoms with Gasteiger partial charge in [-0.3, -0.25) is 14.5 Å². The number of hydrogen-bond acceptors (Lipinski definition) is 4. The van der Waals surface area contributed by atoms with Crippen molar-refractivity contribution in [2.45, 2.75) is 12.8 Å². The molecule has 6 nitrogen and oxygen atoms in total. The van der Waals surface area contributed by atoms with Gasteiger partial charge in [0.1, 0.15) is 11.6 Å². The highest BCUT2D eigenvalue weighted by molar-refractivity contribution is 5.92. The van der Waals surface area contributed by atoms with E-state index < -0.39 is 17.5 Å². The molecule has 0 aliphatic carbocycles. The monoisotopic (exact) mass is 376 g/mol. The van der Waals surface area contributed by atoms with Crippen LogP contribution in [0.2, 0.25) is 0 Å². The molecule has 1 unspecified atom stereocenters. The van der Waals surface area contributed by atoms with E-state index in [1.54, 1.807) is 0 Å². The third-order valence-corrected chi connectivity index (χ3v) is 3.89. The van der Waals surface area contributed by atoms with E-state index in [9.17, 15) is 18.4 Å². The van der Waals surface area contributed by atoms with Gasteiger partial charge in [0.2, 0.25) is 11.8 Å². The minimum Gasteiger partial charge on any atom is -0.355 e. The van der Waals surface area contributed by atoms with E-state index in [1.165, 1.54) is 0 Å². The number of halogens is 3. The lowest BCUT2D eigenvalue weighted by atomic mass is 9.97. The second-order valence-corrected chi connectivity index (χ2v) is 5.83. The first-order valence-corrected chi connectivity index (χ1v) is 7.94. The van der Waals surface area contributed by atoms with Gasteiger partial charge in [0.15, 0.2) is 0 Å². The Morgan fingerprint density at radius 3 is 2.80 bits per heavy atom. The number of rotatable bonds is 6. The topological polar surface area (TPSA) is 87.5 Å². The summed E-state index contributed by atoms with van der Waals surface area (Å²) in [6, 6.07) is 2.89. The second-order valence-electron chi connectivity index (χ2n) is 5.83. The minimum absolute atomic E-state index is 0. The molecule has 4 N–H and O–H groups in total. The van der Waals surface area contributed by atoms with Crippen LogP contribution in [0.1, 0.15) is 12.8 Å². The number of nitrogens with zero attached hydrogens (tertiary/aromatic N) is 1. The zero-order valence-electron chi connectivity index (χ0n) is 13.8. The van der Waals surface area contributed by atoms with E-state index >= 15 is 0 Å². The number of piperidine rings is 1. The Morgan fingerprint density at radius 1 is 1.32 bits per heavy atom. The largest absolute Gasteiger partial charge is 0.355 e. The number of likely N-dealkylation sites (tertiary alicyclic amines) is 1. The van der Waals surface area contributed by atoms with E-state index in [1.807, 2.05) is 4.90 Å². The molecular weight excluding hydrogens is 354 g/mol. The molecule has 140 valence electrons. The molecule has 1 saturated heterocycles. The Labute approximate surface area is 151 Å². The molecule has 1 aliphatic rings. The highest BCUT2D eigenvalue weighted by Crippen LogP contribution is 2.18. The van der Waals surface area contributed by atoms with Crippen LogP contribution in [0.4, 0.5) is 14.5 Å². The van der Waals surface area contributed by atoms with Gasteiger partial charge < -0.3 is 16.4 Å². The molecule has 25 heavy (non-hydrogen) atoms. The number of amides is 2. The van der Waals surface area contributed by atoms with Crippen molar-refractivity contribution < 1.29 is 18.4 Å². The number of carbonyl (C=O) groups is 2. The molecule has 0 radical (unpaired) electrons. The molecule has 1 aromatic carbocycles. The summed E-state index contributed by atoms with van der Waals surface area (Å²) in [5, 5.41) is 5.11. The van der Waals surface area contributed by atoms with Crippen molar-refractivity contribution >= 4 is 29.9 Å². The number of hydrogen-bond donors (Lipinski definition) is 3. The van der Waals surface area contributed by atoms with Crippen LogP contribution in [0.25, 0.3) is 0 Å². The molecule has 9 heteroatoms. The zero-order chi connectivity index (χ0) is 17.5. The van der Waals surface area contributed by atoms with Crippen LogP contribution in [-0.4, -0.2) is 49.4 Å². The van der Waals surface area contributed by atoms with Crippen molar-refractivity contribution in [3.8, 4) is 0 Å². The summed E-state index contributed by atoms with van der Waals surface area (Å²) >= 11 is 0. The van der Waals surface area contributed by atoms with Crippen molar-refractivity contribution in [1.29, 1.82) is 0 Å². The summed E-state index contributed by atoms with van der Waals surface area (Å²) in [4.78, 5) is 25.8. The zero-order valence-corrected chi connectivity index (χ0v) is 14.6. The highest BCUT2D eigenvalue weighted by atomic mass is 35.5. The van der Waals surface area contributed by atoms with Gasteiger partial charge in [-0.2, -0.15) is 0 Å². The van der Waals surface area contributed by atoms with Gasteiger partial charge in [0.05, 0.1) is 18.2 Å². The van der Waals surface area contributed by atoms with Crippen LogP contribution in [0.3, 0.4) is 0 Å². The summed E-state index contributed by atoms with van der Waals surface area (Å²) in [6.07, 6.45) is 1.55. The lowest BCUT2D eigenvalue weighted by molar-refractivity contribution is -0.127. The fourth-order valence-corrected chi connectivity index (χ4v) is 2.74. The van der Waals surface area contributed by atoms with E-state index in [4.69, 9.17) is 5.73 Å². The Balaban J connectivity index is 0.00000312. The average molecular weight is 377 g/mol. The number of nitrogens with two attached hydrogens (primary N) is 1. The van der Waals surface area contributed by atoms with Crippen molar-refractivity contribution in [1.82, 2.24) is 10.2 Å². The maximum absolute atomic E-state index is 13.5. The molecule has 2 amide bonds. The van der Waals surface area contributed by atoms with E-state index in [0.717, 1.165) is 31.0 Å². The van der Waals surface area contributed by atoms with Crippen LogP contribution < -0.4 is 16.4 Å². The van der Waals surface area contributed by atoms with E-state index in [0.29, 0.717) is 26.2 Å². The predicted octanol–water partition coefficient (Wildman–Crippen LogP) is 1.11. The molecule has 1 fully saturated rings. The predicted molar refractivity (Wildman–Crippen MR) is 93.5 cm³/mol. The Bertz CT molecular complexity index is 603. The summed E-state index contributed by atoms with van der Waals surface area (Å²) in [7, 11) is 0. The molecule has 1 atom stereocenters. The van der Waals surface area contributed by atoms with Crippen LogP contribution in [0.5, 0.6) is 0 Å². The molecule has 2 rings (SSSR count). The standard InChI is InChI=1S/C16H22F2N4O2.ClH/c17-12-3-4-13(18)14(8-12)21-15(23)10-22-7-1-2-11(9-22)16(24)20-6-5-19;/h3-4,8,11H,1-2,5-7,9-10,19H2,(H,20,24)(H,21,23);1H. The Hall–Kier alpha value is -1.77. The van der Waals surface area contributed by atoms with Crippen molar-refractivity contribution in [3.63, 3.8) is 0 Å². The Kier molecular flexibility index (Phi) is 8.74. The highest BCUT2D eigenvalue weighted by Gasteiger charge is 2.26. The number of carbonyl (C=O) groups excluding carboxylic acids is 2. The summed E-state index contributed by atoms with van der Waals surface area (Å²) < 4.78 is 26.7. The summed E-state index contributed by atoms with van der Waals surface area (Å²) in [5.74, 6) is -2.02. The van der Waals surface area contributed by atoms with Crippen LogP contribution >= 0.6 is 12.4 Å². The second kappa shape index (κ2) is 10.3. The van der Waals surface area contributed by atoms with Gasteiger partial charge in [-0.25, -0.2) is 8.78 Å². The SMILES string of the molecule is Cl.NCCNC(=O)C1CCCN(CC(=O)Nc2cc(F)ccc2F)C1. The van der Waals surface area contributed by atoms with Crippen molar-refractivity contribution in [2.24, 2.45) is 11.7 Å². The molecule has 0 aromatic heterocycles. The van der Waals surface area contributed by atoms with Crippen molar-refractivity contribution in [2.75, 3.05) is 38.0 Å². The Morgan fingerprint density at radius 2 is 2.08 bits per heavy atom. The van der Waals surface area contributed by atoms with Crippen LogP contribution in [-0.2, 0) is 9.59 Å². The van der Waals surface area contributed by atoms with Gasteiger partial charge in [0.25, 0.3) is 0 Å². The first-order chi connectivity index (χ1) is 11.5. The van der Waals surface area contributed by atoms with Gasteiger partial charge in [-0.15, -0.1) is 12.4 Å².